The van der Waals surface area contributed by atoms with E-state index in [0.717, 1.165) is 23.7 Å². The number of ether oxygens (including phenoxy) is 1. The number of esters is 1. The van der Waals surface area contributed by atoms with E-state index in [1.54, 1.807) is 19.3 Å². The van der Waals surface area contributed by atoms with Gasteiger partial charge < -0.3 is 10.1 Å². The van der Waals surface area contributed by atoms with Gasteiger partial charge in [-0.2, -0.15) is 0 Å². The van der Waals surface area contributed by atoms with Crippen molar-refractivity contribution in [3.8, 4) is 0 Å². The van der Waals surface area contributed by atoms with Gasteiger partial charge >= 0.3 is 5.97 Å². The topological polar surface area (TPSA) is 64.1 Å². The number of hydrogen-bond donors (Lipinski definition) is 1. The van der Waals surface area contributed by atoms with Crippen LogP contribution < -0.4 is 5.32 Å². The number of fused-ring (bicyclic) bond motifs is 1. The van der Waals surface area contributed by atoms with Gasteiger partial charge in [-0.1, -0.05) is 36.0 Å². The van der Waals surface area contributed by atoms with Crippen LogP contribution in [0, 0.1) is 0 Å². The monoisotopic (exact) mass is 343 g/mol. The van der Waals surface area contributed by atoms with Crippen LogP contribution in [0.1, 0.15) is 36.9 Å². The molecule has 1 aromatic heterocycles. The number of aryl methyl sites for hydroxylation is 1. The van der Waals surface area contributed by atoms with Crippen LogP contribution in [0.3, 0.4) is 0 Å². The molecule has 0 radical (unpaired) electrons. The van der Waals surface area contributed by atoms with Crippen molar-refractivity contribution in [1.29, 1.82) is 0 Å². The first-order chi connectivity index (χ1) is 11.8. The maximum atomic E-state index is 11.4. The summed E-state index contributed by atoms with van der Waals surface area (Å²) in [5.74, 6) is 0.757. The molecule has 5 nitrogen and oxygen atoms in total. The van der Waals surface area contributed by atoms with Crippen molar-refractivity contribution in [3.63, 3.8) is 0 Å². The highest BCUT2D eigenvalue weighted by Gasteiger charge is 2.20. The Balaban J connectivity index is 1.66. The lowest BCUT2D eigenvalue weighted by Crippen LogP contribution is -2.18. The first-order valence-corrected chi connectivity index (χ1v) is 9.19. The second kappa shape index (κ2) is 8.15. The lowest BCUT2D eigenvalue weighted by atomic mass is 9.88. The highest BCUT2D eigenvalue weighted by atomic mass is 32.2. The van der Waals surface area contributed by atoms with Gasteiger partial charge in [0.05, 0.1) is 30.8 Å². The van der Waals surface area contributed by atoms with Crippen LogP contribution in [0.2, 0.25) is 0 Å². The molecule has 1 atom stereocenters. The number of rotatable bonds is 6. The summed E-state index contributed by atoms with van der Waals surface area (Å²) in [6, 6.07) is 8.80. The second-order valence-electron chi connectivity index (χ2n) is 5.62. The summed E-state index contributed by atoms with van der Waals surface area (Å²) in [5.41, 5.74) is 2.75. The molecule has 1 aromatic carbocycles. The van der Waals surface area contributed by atoms with Gasteiger partial charge in [-0.3, -0.25) is 9.78 Å². The summed E-state index contributed by atoms with van der Waals surface area (Å²) in [7, 11) is 0. The number of benzene rings is 1. The summed E-state index contributed by atoms with van der Waals surface area (Å²) in [4.78, 5) is 20.2. The summed E-state index contributed by atoms with van der Waals surface area (Å²) in [6.45, 7) is 2.20. The number of nitrogens with one attached hydrogen (secondary N) is 1. The minimum absolute atomic E-state index is 0.233. The molecule has 1 aliphatic carbocycles. The van der Waals surface area contributed by atoms with Crippen molar-refractivity contribution in [1.82, 2.24) is 9.97 Å². The molecule has 0 aliphatic heterocycles. The molecular weight excluding hydrogens is 322 g/mol. The van der Waals surface area contributed by atoms with Crippen LogP contribution in [-0.2, 0) is 16.0 Å². The maximum Gasteiger partial charge on any atom is 0.316 e. The third-order valence-electron chi connectivity index (χ3n) is 3.95. The van der Waals surface area contributed by atoms with E-state index in [1.807, 2.05) is 0 Å². The average molecular weight is 343 g/mol. The standard InChI is InChI=1S/C18H21N3O2S/c1-2-23-18(22)12-24-17-11-19-10-16(21-17)20-15-9-5-7-13-6-3-4-8-14(13)15/h3-4,6,8,10-11,15H,2,5,7,9,12H2,1H3,(H,20,21). The van der Waals surface area contributed by atoms with Crippen LogP contribution in [0.15, 0.2) is 41.7 Å². The van der Waals surface area contributed by atoms with Gasteiger partial charge in [0.15, 0.2) is 0 Å². The van der Waals surface area contributed by atoms with Crippen LogP contribution >= 0.6 is 11.8 Å². The van der Waals surface area contributed by atoms with Crippen LogP contribution in [0.4, 0.5) is 5.82 Å². The summed E-state index contributed by atoms with van der Waals surface area (Å²) < 4.78 is 4.93. The lowest BCUT2D eigenvalue weighted by Gasteiger charge is -2.26. The summed E-state index contributed by atoms with van der Waals surface area (Å²) in [5, 5.41) is 4.21. The lowest BCUT2D eigenvalue weighted by molar-refractivity contribution is -0.139. The third-order valence-corrected chi connectivity index (χ3v) is 4.82. The molecule has 0 bridgehead atoms. The number of nitrogens with zero attached hydrogens (tertiary/aromatic N) is 2. The Morgan fingerprint density at radius 1 is 1.38 bits per heavy atom. The summed E-state index contributed by atoms with van der Waals surface area (Å²) >= 11 is 1.34. The maximum absolute atomic E-state index is 11.4. The Labute approximate surface area is 146 Å². The van der Waals surface area contributed by atoms with E-state index < -0.39 is 0 Å². The number of hydrogen-bond acceptors (Lipinski definition) is 6. The second-order valence-corrected chi connectivity index (χ2v) is 6.62. The number of carbonyl (C=O) groups excluding carboxylic acids is 1. The van der Waals surface area contributed by atoms with Gasteiger partial charge in [0, 0.05) is 0 Å². The molecule has 6 heteroatoms. The quantitative estimate of drug-likeness (QED) is 0.638. The van der Waals surface area contributed by atoms with Crippen molar-refractivity contribution >= 4 is 23.5 Å². The number of thioether (sulfide) groups is 1. The molecule has 1 unspecified atom stereocenters. The number of aromatic nitrogens is 2. The molecule has 0 amide bonds. The molecule has 2 aromatic rings. The molecular formula is C18H21N3O2S. The van der Waals surface area contributed by atoms with Gasteiger partial charge in [0.25, 0.3) is 0 Å². The zero-order valence-electron chi connectivity index (χ0n) is 13.7. The van der Waals surface area contributed by atoms with Gasteiger partial charge in [-0.05, 0) is 37.3 Å². The fourth-order valence-electron chi connectivity index (χ4n) is 2.91. The average Bonchev–Trinajstić information content (AvgIpc) is 2.61. The number of carbonyl (C=O) groups is 1. The van der Waals surface area contributed by atoms with Crippen molar-refractivity contribution in [2.75, 3.05) is 17.7 Å². The highest BCUT2D eigenvalue weighted by molar-refractivity contribution is 7.99. The molecule has 1 aliphatic rings. The Hall–Kier alpha value is -2.08. The van der Waals surface area contributed by atoms with Gasteiger partial charge in [0.2, 0.25) is 0 Å². The van der Waals surface area contributed by atoms with E-state index in [1.165, 1.54) is 29.3 Å². The van der Waals surface area contributed by atoms with E-state index in [4.69, 9.17) is 4.74 Å². The van der Waals surface area contributed by atoms with E-state index >= 15 is 0 Å². The molecule has 0 saturated carbocycles. The van der Waals surface area contributed by atoms with E-state index in [-0.39, 0.29) is 17.8 Å². The molecule has 3 rings (SSSR count). The molecule has 0 fully saturated rings. The van der Waals surface area contributed by atoms with Gasteiger partial charge in [0.1, 0.15) is 10.8 Å². The fraction of sp³-hybridized carbons (Fsp3) is 0.389. The zero-order chi connectivity index (χ0) is 16.8. The van der Waals surface area contributed by atoms with Crippen molar-refractivity contribution in [2.45, 2.75) is 37.3 Å². The van der Waals surface area contributed by atoms with Gasteiger partial charge in [-0.25, -0.2) is 4.98 Å². The number of anilines is 1. The minimum atomic E-state index is -0.233. The van der Waals surface area contributed by atoms with Crippen molar-refractivity contribution in [3.05, 3.63) is 47.8 Å². The molecule has 1 N–H and O–H groups in total. The Bertz CT molecular complexity index is 708. The molecule has 126 valence electrons. The minimum Gasteiger partial charge on any atom is -0.465 e. The predicted molar refractivity (Wildman–Crippen MR) is 95.1 cm³/mol. The van der Waals surface area contributed by atoms with Gasteiger partial charge in [-0.15, -0.1) is 0 Å². The Morgan fingerprint density at radius 2 is 2.25 bits per heavy atom. The largest absolute Gasteiger partial charge is 0.465 e. The van der Waals surface area contributed by atoms with E-state index in [9.17, 15) is 4.79 Å². The van der Waals surface area contributed by atoms with Crippen LogP contribution in [0.25, 0.3) is 0 Å². The van der Waals surface area contributed by atoms with Crippen LogP contribution in [0.5, 0.6) is 0 Å². The Kier molecular flexibility index (Phi) is 5.69. The zero-order valence-corrected chi connectivity index (χ0v) is 14.5. The normalized spacial score (nSPS) is 16.3. The van der Waals surface area contributed by atoms with E-state index in [2.05, 4.69) is 39.6 Å². The first-order valence-electron chi connectivity index (χ1n) is 8.21. The molecule has 0 spiro atoms. The Morgan fingerprint density at radius 3 is 3.12 bits per heavy atom. The van der Waals surface area contributed by atoms with E-state index in [0.29, 0.717) is 6.61 Å². The first kappa shape index (κ1) is 16.8. The van der Waals surface area contributed by atoms with Crippen molar-refractivity contribution < 1.29 is 9.53 Å². The SMILES string of the molecule is CCOC(=O)CSc1cncc(NC2CCCc3ccccc32)n1. The fourth-order valence-corrected chi connectivity index (χ4v) is 3.55. The third kappa shape index (κ3) is 4.26. The molecule has 0 saturated heterocycles. The molecule has 24 heavy (non-hydrogen) atoms. The molecule has 1 heterocycles. The van der Waals surface area contributed by atoms with Crippen LogP contribution in [-0.4, -0.2) is 28.3 Å². The van der Waals surface area contributed by atoms with Crippen molar-refractivity contribution in [2.24, 2.45) is 0 Å². The highest BCUT2D eigenvalue weighted by Crippen LogP contribution is 2.32. The smallest absolute Gasteiger partial charge is 0.316 e. The predicted octanol–water partition coefficient (Wildman–Crippen LogP) is 3.62. The summed E-state index contributed by atoms with van der Waals surface area (Å²) in [6.07, 6.45) is 6.78.